The van der Waals surface area contributed by atoms with Crippen LogP contribution in [-0.4, -0.2) is 19.5 Å². The standard InChI is InChI=1S/C12H11N5S/c1-17-7-6-14-12(17)18-11-10(13)15-8-4-2-3-5-9(8)16-11/h2-7H,1H3,(H2,13,15). The van der Waals surface area contributed by atoms with Gasteiger partial charge in [-0.25, -0.2) is 15.0 Å². The maximum absolute atomic E-state index is 5.92. The van der Waals surface area contributed by atoms with Gasteiger partial charge in [0.05, 0.1) is 11.0 Å². The number of rotatable bonds is 2. The van der Waals surface area contributed by atoms with E-state index in [0.29, 0.717) is 10.8 Å². The van der Waals surface area contributed by atoms with Gasteiger partial charge in [-0.1, -0.05) is 12.1 Å². The van der Waals surface area contributed by atoms with Crippen molar-refractivity contribution in [1.82, 2.24) is 19.5 Å². The molecule has 90 valence electrons. The van der Waals surface area contributed by atoms with Crippen molar-refractivity contribution in [2.45, 2.75) is 10.2 Å². The Hall–Kier alpha value is -2.08. The molecule has 2 N–H and O–H groups in total. The van der Waals surface area contributed by atoms with Crippen molar-refractivity contribution in [3.05, 3.63) is 36.7 Å². The van der Waals surface area contributed by atoms with Gasteiger partial charge in [-0.05, 0) is 23.9 Å². The SMILES string of the molecule is Cn1ccnc1Sc1nc2ccccc2nc1N. The Morgan fingerprint density at radius 2 is 1.89 bits per heavy atom. The number of imidazole rings is 1. The molecule has 0 saturated heterocycles. The fourth-order valence-electron chi connectivity index (χ4n) is 1.61. The van der Waals surface area contributed by atoms with E-state index < -0.39 is 0 Å². The molecule has 0 atom stereocenters. The lowest BCUT2D eigenvalue weighted by Crippen LogP contribution is -1.98. The van der Waals surface area contributed by atoms with Gasteiger partial charge in [0.15, 0.2) is 11.0 Å². The molecule has 6 heteroatoms. The van der Waals surface area contributed by atoms with Crippen molar-refractivity contribution in [3.8, 4) is 0 Å². The lowest BCUT2D eigenvalue weighted by Gasteiger charge is -2.05. The van der Waals surface area contributed by atoms with Crippen LogP contribution >= 0.6 is 11.8 Å². The number of fused-ring (bicyclic) bond motifs is 1. The summed E-state index contributed by atoms with van der Waals surface area (Å²) >= 11 is 1.42. The molecule has 0 aliphatic rings. The number of benzene rings is 1. The van der Waals surface area contributed by atoms with Crippen molar-refractivity contribution in [2.24, 2.45) is 7.05 Å². The maximum Gasteiger partial charge on any atom is 0.174 e. The number of anilines is 1. The number of para-hydroxylation sites is 2. The number of aromatic nitrogens is 4. The number of aryl methyl sites for hydroxylation is 1. The van der Waals surface area contributed by atoms with E-state index in [2.05, 4.69) is 15.0 Å². The van der Waals surface area contributed by atoms with Crippen LogP contribution < -0.4 is 5.73 Å². The molecule has 0 amide bonds. The molecule has 18 heavy (non-hydrogen) atoms. The van der Waals surface area contributed by atoms with Crippen molar-refractivity contribution in [1.29, 1.82) is 0 Å². The van der Waals surface area contributed by atoms with E-state index in [1.807, 2.05) is 42.1 Å². The lowest BCUT2D eigenvalue weighted by atomic mass is 10.3. The van der Waals surface area contributed by atoms with E-state index in [-0.39, 0.29) is 0 Å². The van der Waals surface area contributed by atoms with Crippen LogP contribution in [0.4, 0.5) is 5.82 Å². The molecule has 5 nitrogen and oxygen atoms in total. The quantitative estimate of drug-likeness (QED) is 0.761. The molecular weight excluding hydrogens is 246 g/mol. The van der Waals surface area contributed by atoms with Crippen LogP contribution in [0, 0.1) is 0 Å². The van der Waals surface area contributed by atoms with Gasteiger partial charge >= 0.3 is 0 Å². The first kappa shape index (κ1) is 11.0. The zero-order valence-corrected chi connectivity index (χ0v) is 10.6. The van der Waals surface area contributed by atoms with Crippen molar-refractivity contribution < 1.29 is 0 Å². The largest absolute Gasteiger partial charge is 0.381 e. The first-order valence-electron chi connectivity index (χ1n) is 5.41. The molecule has 0 bridgehead atoms. The molecular formula is C12H11N5S. The highest BCUT2D eigenvalue weighted by atomic mass is 32.2. The van der Waals surface area contributed by atoms with E-state index in [9.17, 15) is 0 Å². The Kier molecular flexibility index (Phi) is 2.64. The summed E-state index contributed by atoms with van der Waals surface area (Å²) in [6.07, 6.45) is 3.62. The van der Waals surface area contributed by atoms with Crippen LogP contribution in [0.1, 0.15) is 0 Å². The van der Waals surface area contributed by atoms with Crippen LogP contribution in [0.25, 0.3) is 11.0 Å². The molecule has 2 aromatic heterocycles. The van der Waals surface area contributed by atoms with Crippen molar-refractivity contribution in [3.63, 3.8) is 0 Å². The van der Waals surface area contributed by atoms with Gasteiger partial charge in [-0.3, -0.25) is 0 Å². The minimum Gasteiger partial charge on any atom is -0.381 e. The number of nitrogen functional groups attached to an aromatic ring is 1. The van der Waals surface area contributed by atoms with Gasteiger partial charge in [0.2, 0.25) is 0 Å². The third kappa shape index (κ3) is 1.91. The monoisotopic (exact) mass is 257 g/mol. The zero-order chi connectivity index (χ0) is 12.5. The van der Waals surface area contributed by atoms with Gasteiger partial charge in [0, 0.05) is 19.4 Å². The van der Waals surface area contributed by atoms with Crippen LogP contribution in [0.3, 0.4) is 0 Å². The van der Waals surface area contributed by atoms with Crippen LogP contribution in [0.15, 0.2) is 46.8 Å². The van der Waals surface area contributed by atoms with Crippen molar-refractivity contribution >= 4 is 28.6 Å². The highest BCUT2D eigenvalue weighted by Crippen LogP contribution is 2.29. The first-order chi connectivity index (χ1) is 8.74. The number of hydrogen-bond acceptors (Lipinski definition) is 5. The highest BCUT2D eigenvalue weighted by Gasteiger charge is 2.10. The summed E-state index contributed by atoms with van der Waals surface area (Å²) in [5, 5.41) is 1.52. The van der Waals surface area contributed by atoms with Crippen molar-refractivity contribution in [2.75, 3.05) is 5.73 Å². The molecule has 3 rings (SSSR count). The van der Waals surface area contributed by atoms with Gasteiger partial charge < -0.3 is 10.3 Å². The average molecular weight is 257 g/mol. The Morgan fingerprint density at radius 1 is 1.17 bits per heavy atom. The van der Waals surface area contributed by atoms with E-state index in [1.54, 1.807) is 6.20 Å². The minimum absolute atomic E-state index is 0.432. The second kappa shape index (κ2) is 4.30. The normalized spacial score (nSPS) is 10.9. The average Bonchev–Trinajstić information content (AvgIpc) is 2.76. The number of nitrogens with zero attached hydrogens (tertiary/aromatic N) is 4. The Bertz CT molecular complexity index is 707. The third-order valence-electron chi connectivity index (χ3n) is 2.53. The van der Waals surface area contributed by atoms with E-state index in [4.69, 9.17) is 5.73 Å². The zero-order valence-electron chi connectivity index (χ0n) is 9.74. The third-order valence-corrected chi connectivity index (χ3v) is 3.60. The lowest BCUT2D eigenvalue weighted by molar-refractivity contribution is 0.789. The summed E-state index contributed by atoms with van der Waals surface area (Å²) in [7, 11) is 1.93. The second-order valence-corrected chi connectivity index (χ2v) is 4.78. The molecule has 0 saturated carbocycles. The molecule has 0 aliphatic heterocycles. The van der Waals surface area contributed by atoms with Crippen LogP contribution in [0.5, 0.6) is 0 Å². The van der Waals surface area contributed by atoms with Crippen LogP contribution in [0.2, 0.25) is 0 Å². The summed E-state index contributed by atoms with van der Waals surface area (Å²) < 4.78 is 1.92. The summed E-state index contributed by atoms with van der Waals surface area (Å²) in [4.78, 5) is 13.1. The topological polar surface area (TPSA) is 69.6 Å². The predicted molar refractivity (Wildman–Crippen MR) is 71.3 cm³/mol. The van der Waals surface area contributed by atoms with Gasteiger partial charge in [-0.15, -0.1) is 0 Å². The fourth-order valence-corrected chi connectivity index (χ4v) is 2.39. The fraction of sp³-hybridized carbons (Fsp3) is 0.0833. The van der Waals surface area contributed by atoms with Gasteiger partial charge in [0.1, 0.15) is 5.03 Å². The van der Waals surface area contributed by atoms with Gasteiger partial charge in [-0.2, -0.15) is 0 Å². The highest BCUT2D eigenvalue weighted by molar-refractivity contribution is 7.99. The summed E-state index contributed by atoms with van der Waals surface area (Å²) in [6, 6.07) is 7.67. The maximum atomic E-state index is 5.92. The van der Waals surface area contributed by atoms with Gasteiger partial charge in [0.25, 0.3) is 0 Å². The van der Waals surface area contributed by atoms with E-state index in [1.165, 1.54) is 11.8 Å². The first-order valence-corrected chi connectivity index (χ1v) is 6.23. The number of hydrogen-bond donors (Lipinski definition) is 1. The minimum atomic E-state index is 0.432. The van der Waals surface area contributed by atoms with E-state index in [0.717, 1.165) is 16.2 Å². The molecule has 0 fully saturated rings. The van der Waals surface area contributed by atoms with E-state index >= 15 is 0 Å². The Labute approximate surface area is 108 Å². The molecule has 0 aliphatic carbocycles. The molecule has 0 spiro atoms. The summed E-state index contributed by atoms with van der Waals surface area (Å²) in [5.41, 5.74) is 7.56. The molecule has 3 aromatic rings. The second-order valence-electron chi connectivity index (χ2n) is 3.83. The summed E-state index contributed by atoms with van der Waals surface area (Å²) in [6.45, 7) is 0. The smallest absolute Gasteiger partial charge is 0.174 e. The molecule has 0 unspecified atom stereocenters. The summed E-state index contributed by atoms with van der Waals surface area (Å²) in [5.74, 6) is 0.432. The predicted octanol–water partition coefficient (Wildman–Crippen LogP) is 2.10. The number of nitrogens with two attached hydrogens (primary N) is 1. The molecule has 1 aromatic carbocycles. The Balaban J connectivity index is 2.06. The molecule has 2 heterocycles. The Morgan fingerprint density at radius 3 is 2.56 bits per heavy atom. The van der Waals surface area contributed by atoms with Crippen LogP contribution in [-0.2, 0) is 7.05 Å². The molecule has 0 radical (unpaired) electrons.